The van der Waals surface area contributed by atoms with Crippen LogP contribution in [0.2, 0.25) is 0 Å². The first-order valence-electron chi connectivity index (χ1n) is 9.59. The zero-order chi connectivity index (χ0) is 19.9. The number of carbonyl (C=O) groups is 1. The molecule has 28 heavy (non-hydrogen) atoms. The maximum atomic E-state index is 13.0. The molecule has 2 heterocycles. The fourth-order valence-corrected chi connectivity index (χ4v) is 3.27. The van der Waals surface area contributed by atoms with Gasteiger partial charge in [0.25, 0.3) is 5.91 Å². The fourth-order valence-electron chi connectivity index (χ4n) is 3.27. The highest BCUT2D eigenvalue weighted by atomic mass is 16.2. The Morgan fingerprint density at radius 1 is 1.11 bits per heavy atom. The SMILES string of the molecule is CCCCc1c(C(=O)Nc2ccccc2)c(=O)cc(C)n1Cc1ccccn1. The van der Waals surface area contributed by atoms with Crippen LogP contribution in [0.1, 0.15) is 47.2 Å². The van der Waals surface area contributed by atoms with Crippen LogP contribution in [0.4, 0.5) is 5.69 Å². The van der Waals surface area contributed by atoms with Crippen molar-refractivity contribution in [2.75, 3.05) is 5.32 Å². The van der Waals surface area contributed by atoms with Gasteiger partial charge in [-0.1, -0.05) is 37.6 Å². The van der Waals surface area contributed by atoms with Gasteiger partial charge in [-0.25, -0.2) is 0 Å². The second-order valence-electron chi connectivity index (χ2n) is 6.80. The molecule has 3 rings (SSSR count). The molecule has 0 saturated heterocycles. The Bertz CT molecular complexity index is 996. The Labute approximate surface area is 165 Å². The van der Waals surface area contributed by atoms with E-state index in [9.17, 15) is 9.59 Å². The lowest BCUT2D eigenvalue weighted by molar-refractivity contribution is 0.102. The zero-order valence-corrected chi connectivity index (χ0v) is 16.3. The number of nitrogens with one attached hydrogen (secondary N) is 1. The molecular weight excluding hydrogens is 350 g/mol. The maximum Gasteiger partial charge on any atom is 0.261 e. The van der Waals surface area contributed by atoms with E-state index >= 15 is 0 Å². The average Bonchev–Trinajstić information content (AvgIpc) is 2.70. The number of aromatic nitrogens is 2. The van der Waals surface area contributed by atoms with Crippen LogP contribution in [0.3, 0.4) is 0 Å². The molecule has 0 bridgehead atoms. The third-order valence-corrected chi connectivity index (χ3v) is 4.70. The van der Waals surface area contributed by atoms with E-state index in [1.807, 2.05) is 60.0 Å². The minimum absolute atomic E-state index is 0.221. The molecule has 0 aliphatic heterocycles. The summed E-state index contributed by atoms with van der Waals surface area (Å²) in [6, 6.07) is 16.5. The topological polar surface area (TPSA) is 64.0 Å². The number of carbonyl (C=O) groups excluding carboxylic acids is 1. The normalized spacial score (nSPS) is 10.6. The van der Waals surface area contributed by atoms with E-state index in [1.54, 1.807) is 6.20 Å². The van der Waals surface area contributed by atoms with Crippen LogP contribution in [0.15, 0.2) is 65.6 Å². The zero-order valence-electron chi connectivity index (χ0n) is 16.3. The highest BCUT2D eigenvalue weighted by Gasteiger charge is 2.20. The number of unbranched alkanes of at least 4 members (excludes halogenated alkanes) is 1. The van der Waals surface area contributed by atoms with Crippen molar-refractivity contribution in [2.45, 2.75) is 39.7 Å². The van der Waals surface area contributed by atoms with E-state index in [0.29, 0.717) is 18.7 Å². The standard InChI is InChI=1S/C23H25N3O2/c1-3-4-13-20-22(23(28)25-18-10-6-5-7-11-18)21(27)15-17(2)26(20)16-19-12-8-9-14-24-19/h5-12,14-15H,3-4,13,16H2,1-2H3,(H,25,28). The van der Waals surface area contributed by atoms with Gasteiger partial charge < -0.3 is 9.88 Å². The van der Waals surface area contributed by atoms with Crippen LogP contribution in [-0.4, -0.2) is 15.5 Å². The van der Waals surface area contributed by atoms with Gasteiger partial charge in [0.15, 0.2) is 5.43 Å². The van der Waals surface area contributed by atoms with Crippen LogP contribution in [0.25, 0.3) is 0 Å². The number of nitrogens with zero attached hydrogens (tertiary/aromatic N) is 2. The van der Waals surface area contributed by atoms with Crippen molar-refractivity contribution < 1.29 is 4.79 Å². The van der Waals surface area contributed by atoms with Crippen molar-refractivity contribution in [2.24, 2.45) is 0 Å². The molecule has 1 amide bonds. The first-order chi connectivity index (χ1) is 13.6. The van der Waals surface area contributed by atoms with Gasteiger partial charge >= 0.3 is 0 Å². The molecule has 1 aromatic carbocycles. The highest BCUT2D eigenvalue weighted by molar-refractivity contribution is 6.05. The summed E-state index contributed by atoms with van der Waals surface area (Å²) in [5.74, 6) is -0.364. The molecule has 5 heteroatoms. The van der Waals surface area contributed by atoms with Gasteiger partial charge in [-0.2, -0.15) is 0 Å². The predicted molar refractivity (Wildman–Crippen MR) is 112 cm³/mol. The second-order valence-corrected chi connectivity index (χ2v) is 6.80. The quantitative estimate of drug-likeness (QED) is 0.673. The minimum Gasteiger partial charge on any atom is -0.342 e. The van der Waals surface area contributed by atoms with Gasteiger partial charge in [0.1, 0.15) is 5.56 Å². The van der Waals surface area contributed by atoms with Gasteiger partial charge in [0.2, 0.25) is 0 Å². The molecule has 1 N–H and O–H groups in total. The van der Waals surface area contributed by atoms with Crippen molar-refractivity contribution in [3.8, 4) is 0 Å². The summed E-state index contributed by atoms with van der Waals surface area (Å²) in [6.07, 6.45) is 4.29. The number of hydrogen-bond acceptors (Lipinski definition) is 3. The lowest BCUT2D eigenvalue weighted by Crippen LogP contribution is -2.28. The smallest absolute Gasteiger partial charge is 0.261 e. The third kappa shape index (κ3) is 4.55. The van der Waals surface area contributed by atoms with E-state index in [0.717, 1.165) is 29.9 Å². The van der Waals surface area contributed by atoms with Crippen LogP contribution in [0, 0.1) is 6.92 Å². The molecule has 0 atom stereocenters. The highest BCUT2D eigenvalue weighted by Crippen LogP contribution is 2.16. The van der Waals surface area contributed by atoms with Crippen LogP contribution in [0.5, 0.6) is 0 Å². The molecule has 3 aromatic rings. The van der Waals surface area contributed by atoms with E-state index in [1.165, 1.54) is 6.07 Å². The predicted octanol–water partition coefficient (Wildman–Crippen LogP) is 4.19. The van der Waals surface area contributed by atoms with Gasteiger partial charge in [-0.15, -0.1) is 0 Å². The van der Waals surface area contributed by atoms with Crippen LogP contribution >= 0.6 is 0 Å². The Morgan fingerprint density at radius 2 is 1.86 bits per heavy atom. The van der Waals surface area contributed by atoms with Crippen molar-refractivity contribution >= 4 is 11.6 Å². The average molecular weight is 375 g/mol. The molecule has 0 fully saturated rings. The summed E-state index contributed by atoms with van der Waals surface area (Å²) in [5, 5.41) is 2.86. The lowest BCUT2D eigenvalue weighted by atomic mass is 10.0. The summed E-state index contributed by atoms with van der Waals surface area (Å²) in [5.41, 5.74) is 3.14. The van der Waals surface area contributed by atoms with Crippen molar-refractivity contribution in [1.82, 2.24) is 9.55 Å². The molecule has 0 aliphatic carbocycles. The molecule has 5 nitrogen and oxygen atoms in total. The monoisotopic (exact) mass is 375 g/mol. The number of hydrogen-bond donors (Lipinski definition) is 1. The third-order valence-electron chi connectivity index (χ3n) is 4.70. The summed E-state index contributed by atoms with van der Waals surface area (Å²) in [7, 11) is 0. The Hall–Kier alpha value is -3.21. The number of anilines is 1. The van der Waals surface area contributed by atoms with Gasteiger partial charge in [-0.3, -0.25) is 14.6 Å². The largest absolute Gasteiger partial charge is 0.342 e. The van der Waals surface area contributed by atoms with Crippen molar-refractivity contribution in [3.63, 3.8) is 0 Å². The van der Waals surface area contributed by atoms with E-state index in [4.69, 9.17) is 0 Å². The fraction of sp³-hybridized carbons (Fsp3) is 0.261. The molecule has 144 valence electrons. The Balaban J connectivity index is 2.05. The number of pyridine rings is 2. The molecular formula is C23H25N3O2. The summed E-state index contributed by atoms with van der Waals surface area (Å²) in [4.78, 5) is 30.2. The summed E-state index contributed by atoms with van der Waals surface area (Å²) < 4.78 is 2.04. The minimum atomic E-state index is -0.364. The number of para-hydroxylation sites is 1. The van der Waals surface area contributed by atoms with Crippen molar-refractivity contribution in [1.29, 1.82) is 0 Å². The number of rotatable bonds is 7. The summed E-state index contributed by atoms with van der Waals surface area (Å²) in [6.45, 7) is 4.52. The summed E-state index contributed by atoms with van der Waals surface area (Å²) >= 11 is 0. The van der Waals surface area contributed by atoms with Gasteiger partial charge in [0, 0.05) is 29.3 Å². The van der Waals surface area contributed by atoms with Gasteiger partial charge in [-0.05, 0) is 44.0 Å². The molecule has 0 spiro atoms. The van der Waals surface area contributed by atoms with E-state index in [2.05, 4.69) is 17.2 Å². The Morgan fingerprint density at radius 3 is 2.54 bits per heavy atom. The number of benzene rings is 1. The molecule has 0 radical (unpaired) electrons. The number of aryl methyl sites for hydroxylation is 1. The first-order valence-corrected chi connectivity index (χ1v) is 9.59. The number of amides is 1. The van der Waals surface area contributed by atoms with Crippen LogP contribution in [-0.2, 0) is 13.0 Å². The van der Waals surface area contributed by atoms with E-state index < -0.39 is 0 Å². The first kappa shape index (κ1) is 19.5. The lowest BCUT2D eigenvalue weighted by Gasteiger charge is -2.20. The van der Waals surface area contributed by atoms with Gasteiger partial charge in [0.05, 0.1) is 12.2 Å². The maximum absolute atomic E-state index is 13.0. The van der Waals surface area contributed by atoms with Crippen LogP contribution < -0.4 is 10.7 Å². The van der Waals surface area contributed by atoms with E-state index in [-0.39, 0.29) is 16.9 Å². The van der Waals surface area contributed by atoms with Crippen molar-refractivity contribution in [3.05, 3.63) is 93.7 Å². The molecule has 0 aliphatic rings. The second kappa shape index (κ2) is 9.13. The molecule has 0 saturated carbocycles. The Kier molecular flexibility index (Phi) is 6.37. The molecule has 0 unspecified atom stereocenters. The molecule has 2 aromatic heterocycles.